The summed E-state index contributed by atoms with van der Waals surface area (Å²) in [5.41, 5.74) is 4.45. The molecule has 2 aromatic carbocycles. The molecule has 2 aliphatic heterocycles. The molecule has 3 heterocycles. The third kappa shape index (κ3) is 5.34. The van der Waals surface area contributed by atoms with Crippen LogP contribution in [0.3, 0.4) is 0 Å². The van der Waals surface area contributed by atoms with Gasteiger partial charge in [0.15, 0.2) is 0 Å². The van der Waals surface area contributed by atoms with Crippen LogP contribution in [0.15, 0.2) is 52.2 Å². The lowest BCUT2D eigenvalue weighted by Gasteiger charge is -2.19. The number of nitriles is 1. The van der Waals surface area contributed by atoms with Crippen LogP contribution in [0.1, 0.15) is 44.7 Å². The lowest BCUT2D eigenvalue weighted by atomic mass is 10.0. The zero-order valence-electron chi connectivity index (χ0n) is 20.8. The van der Waals surface area contributed by atoms with Gasteiger partial charge in [-0.15, -0.1) is 13.2 Å². The third-order valence-corrected chi connectivity index (χ3v) is 6.08. The van der Waals surface area contributed by atoms with Crippen molar-refractivity contribution in [2.75, 3.05) is 11.4 Å². The molecule has 0 bridgehead atoms. The Morgan fingerprint density at radius 3 is 2.66 bits per heavy atom. The summed E-state index contributed by atoms with van der Waals surface area (Å²) in [7, 11) is 0. The van der Waals surface area contributed by atoms with Crippen LogP contribution < -0.4 is 9.64 Å². The number of allylic oxidation sites excluding steroid dienone is 1. The Morgan fingerprint density at radius 1 is 1.16 bits per heavy atom. The predicted molar refractivity (Wildman–Crippen MR) is 130 cm³/mol. The summed E-state index contributed by atoms with van der Waals surface area (Å²) in [6, 6.07) is 10.9. The van der Waals surface area contributed by atoms with Crippen LogP contribution in [0.5, 0.6) is 5.75 Å². The number of fused-ring (bicyclic) bond motifs is 3. The second kappa shape index (κ2) is 9.20. The molecule has 0 unspecified atom stereocenters. The zero-order valence-corrected chi connectivity index (χ0v) is 20.8. The number of nitrogens with zero attached hydrogens (tertiary/aromatic N) is 4. The number of carbonyl (C=O) groups is 1. The number of rotatable bonds is 5. The normalized spacial score (nSPS) is 14.8. The van der Waals surface area contributed by atoms with Gasteiger partial charge in [-0.05, 0) is 74.7 Å². The molecule has 0 aliphatic carbocycles. The van der Waals surface area contributed by atoms with Gasteiger partial charge in [-0.2, -0.15) is 10.2 Å². The molecule has 1 aromatic heterocycles. The van der Waals surface area contributed by atoms with E-state index < -0.39 is 17.7 Å². The summed E-state index contributed by atoms with van der Waals surface area (Å²) in [6.45, 7) is 6.31. The fourth-order valence-corrected chi connectivity index (χ4v) is 4.69. The highest BCUT2D eigenvalue weighted by atomic mass is 19.4. The van der Waals surface area contributed by atoms with Gasteiger partial charge in [0.2, 0.25) is 5.82 Å². The first-order valence-electron chi connectivity index (χ1n) is 11.9. The van der Waals surface area contributed by atoms with Gasteiger partial charge in [-0.25, -0.2) is 0 Å². The predicted octanol–water partition coefficient (Wildman–Crippen LogP) is 5.93. The highest BCUT2D eigenvalue weighted by Gasteiger charge is 2.34. The molecule has 38 heavy (non-hydrogen) atoms. The van der Waals surface area contributed by atoms with E-state index >= 15 is 0 Å². The number of aromatic nitrogens is 2. The smallest absolute Gasteiger partial charge is 0.460 e. The molecular formula is C27H23F3N4O4. The molecule has 0 fully saturated rings. The maximum absolute atomic E-state index is 12.7. The number of alkyl halides is 3. The van der Waals surface area contributed by atoms with Crippen LogP contribution in [0.2, 0.25) is 0 Å². The maximum Gasteiger partial charge on any atom is 0.573 e. The van der Waals surface area contributed by atoms with Crippen LogP contribution in [0.4, 0.5) is 18.9 Å². The largest absolute Gasteiger partial charge is 0.573 e. The molecule has 0 amide bonds. The summed E-state index contributed by atoms with van der Waals surface area (Å²) in [6.07, 6.45) is -3.22. The van der Waals surface area contributed by atoms with Crippen LogP contribution in [0, 0.1) is 11.3 Å². The number of benzene rings is 2. The van der Waals surface area contributed by atoms with Gasteiger partial charge in [0, 0.05) is 35.5 Å². The molecule has 5 rings (SSSR count). The summed E-state index contributed by atoms with van der Waals surface area (Å²) < 4.78 is 52.8. The first-order chi connectivity index (χ1) is 17.9. The van der Waals surface area contributed by atoms with Crippen molar-refractivity contribution in [3.8, 4) is 34.7 Å². The van der Waals surface area contributed by atoms with Gasteiger partial charge in [-0.1, -0.05) is 5.16 Å². The Morgan fingerprint density at radius 2 is 1.95 bits per heavy atom. The Labute approximate surface area is 216 Å². The molecule has 0 N–H and O–H groups in total. The van der Waals surface area contributed by atoms with E-state index in [2.05, 4.69) is 19.8 Å². The first-order valence-corrected chi connectivity index (χ1v) is 11.9. The number of halogens is 3. The molecule has 0 spiro atoms. The van der Waals surface area contributed by atoms with Crippen molar-refractivity contribution in [2.45, 2.75) is 52.0 Å². The average Bonchev–Trinajstić information content (AvgIpc) is 3.52. The zero-order chi connectivity index (χ0) is 27.2. The van der Waals surface area contributed by atoms with Crippen molar-refractivity contribution in [1.29, 1.82) is 5.26 Å². The number of hydrogen-bond donors (Lipinski definition) is 0. The van der Waals surface area contributed by atoms with E-state index in [1.165, 1.54) is 6.07 Å². The minimum atomic E-state index is -4.91. The van der Waals surface area contributed by atoms with Crippen LogP contribution >= 0.6 is 0 Å². The first kappa shape index (κ1) is 25.3. The summed E-state index contributed by atoms with van der Waals surface area (Å²) in [4.78, 5) is 18.9. The standard InChI is InChI=1S/C27H23F3N4O4/c1-26(2,3)37-23(35)13-16-6-7-34-21-5-4-17(10-18(21)12-22(16)34)24-32-25(38-33-24)19-8-15(14-31)9-20(11-19)36-27(28,29)30/h4-5,8-11H,6-7,12-13H2,1-3H3. The molecule has 2 aliphatic rings. The van der Waals surface area contributed by atoms with Gasteiger partial charge < -0.3 is 18.9 Å². The summed E-state index contributed by atoms with van der Waals surface area (Å²) in [5, 5.41) is 13.2. The lowest BCUT2D eigenvalue weighted by Crippen LogP contribution is -2.24. The van der Waals surface area contributed by atoms with Crippen molar-refractivity contribution >= 4 is 11.7 Å². The SMILES string of the molecule is CC(C)(C)OC(=O)CC1=C2Cc3cc(-c4noc(-c5cc(C#N)cc(OC(F)(F)F)c5)n4)ccc3N2CC1. The molecule has 0 saturated carbocycles. The van der Waals surface area contributed by atoms with Gasteiger partial charge >= 0.3 is 12.3 Å². The topological polar surface area (TPSA) is 101 Å². The van der Waals surface area contributed by atoms with Gasteiger partial charge in [-0.3, -0.25) is 4.79 Å². The molecule has 8 nitrogen and oxygen atoms in total. The van der Waals surface area contributed by atoms with Gasteiger partial charge in [0.1, 0.15) is 11.4 Å². The molecule has 0 atom stereocenters. The number of ether oxygens (including phenoxy) is 2. The van der Waals surface area contributed by atoms with Crippen LogP contribution in [-0.4, -0.2) is 34.6 Å². The molecule has 0 radical (unpaired) electrons. The molecular weight excluding hydrogens is 501 g/mol. The molecule has 11 heteroatoms. The highest BCUT2D eigenvalue weighted by molar-refractivity contribution is 5.77. The molecule has 0 saturated heterocycles. The van der Waals surface area contributed by atoms with E-state index in [9.17, 15) is 23.2 Å². The van der Waals surface area contributed by atoms with E-state index in [-0.39, 0.29) is 35.2 Å². The maximum atomic E-state index is 12.7. The average molecular weight is 524 g/mol. The van der Waals surface area contributed by atoms with Gasteiger partial charge in [0.05, 0.1) is 18.1 Å². The summed E-state index contributed by atoms with van der Waals surface area (Å²) >= 11 is 0. The monoisotopic (exact) mass is 524 g/mol. The number of esters is 1. The lowest BCUT2D eigenvalue weighted by molar-refractivity contribution is -0.274. The van der Waals surface area contributed by atoms with Gasteiger partial charge in [0.25, 0.3) is 5.89 Å². The van der Waals surface area contributed by atoms with E-state index in [4.69, 9.17) is 9.26 Å². The third-order valence-electron chi connectivity index (χ3n) is 6.08. The van der Waals surface area contributed by atoms with Crippen molar-refractivity contribution in [3.05, 3.63) is 58.8 Å². The second-order valence-corrected chi connectivity index (χ2v) is 10.1. The Kier molecular flexibility index (Phi) is 6.13. The minimum Gasteiger partial charge on any atom is -0.460 e. The highest BCUT2D eigenvalue weighted by Crippen LogP contribution is 2.43. The second-order valence-electron chi connectivity index (χ2n) is 10.1. The van der Waals surface area contributed by atoms with E-state index in [0.29, 0.717) is 12.0 Å². The minimum absolute atomic E-state index is 0.0462. The Balaban J connectivity index is 1.38. The van der Waals surface area contributed by atoms with Crippen molar-refractivity contribution in [2.24, 2.45) is 0 Å². The summed E-state index contributed by atoms with van der Waals surface area (Å²) in [5.74, 6) is -0.604. The van der Waals surface area contributed by atoms with Crippen LogP contribution in [-0.2, 0) is 16.0 Å². The number of hydrogen-bond acceptors (Lipinski definition) is 8. The molecule has 196 valence electrons. The van der Waals surface area contributed by atoms with Crippen LogP contribution in [0.25, 0.3) is 22.8 Å². The Bertz CT molecular complexity index is 1500. The quantitative estimate of drug-likeness (QED) is 0.379. The fourth-order valence-electron chi connectivity index (χ4n) is 4.69. The van der Waals surface area contributed by atoms with Crippen molar-refractivity contribution < 1.29 is 32.0 Å². The fraction of sp³-hybridized carbons (Fsp3) is 0.333. The Hall–Kier alpha value is -4.33. The van der Waals surface area contributed by atoms with E-state index in [0.717, 1.165) is 47.6 Å². The number of carbonyl (C=O) groups excluding carboxylic acids is 1. The van der Waals surface area contributed by atoms with E-state index in [1.54, 1.807) is 6.07 Å². The van der Waals surface area contributed by atoms with E-state index in [1.807, 2.05) is 39.0 Å². The van der Waals surface area contributed by atoms with Crippen molar-refractivity contribution in [3.63, 3.8) is 0 Å². The number of anilines is 1. The molecule has 3 aromatic rings. The van der Waals surface area contributed by atoms with Crippen molar-refractivity contribution in [1.82, 2.24) is 10.1 Å².